The Balaban J connectivity index is 1.55. The summed E-state index contributed by atoms with van der Waals surface area (Å²) in [5.74, 6) is 1.58. The lowest BCUT2D eigenvalue weighted by molar-refractivity contribution is -0.133. The first kappa shape index (κ1) is 15.2. The molecule has 23 heavy (non-hydrogen) atoms. The summed E-state index contributed by atoms with van der Waals surface area (Å²) in [6.45, 7) is 3.94. The van der Waals surface area contributed by atoms with E-state index in [0.29, 0.717) is 12.3 Å². The number of amides is 1. The first-order valence-electron chi connectivity index (χ1n) is 8.68. The number of fused-ring (bicyclic) bond motifs is 2. The van der Waals surface area contributed by atoms with Crippen LogP contribution in [0.25, 0.3) is 0 Å². The predicted octanol–water partition coefficient (Wildman–Crippen LogP) is 2.03. The molecule has 0 bridgehead atoms. The standard InChI is InChI=1S/C17H23N3O2S/c1-11-4-3-7-19(9-11)15(21)8-12-10-23-17-18-14-6-2-5-13(14)16(22)20(12)17/h11-12H,2-10H2,1H3. The van der Waals surface area contributed by atoms with Crippen molar-refractivity contribution in [2.24, 2.45) is 5.92 Å². The van der Waals surface area contributed by atoms with Crippen molar-refractivity contribution in [3.8, 4) is 0 Å². The molecule has 0 N–H and O–H groups in total. The molecule has 2 aliphatic heterocycles. The number of carbonyl (C=O) groups is 1. The van der Waals surface area contributed by atoms with Crippen LogP contribution in [0.5, 0.6) is 0 Å². The van der Waals surface area contributed by atoms with Gasteiger partial charge in [-0.05, 0) is 38.0 Å². The minimum atomic E-state index is -0.0226. The number of nitrogens with zero attached hydrogens (tertiary/aromatic N) is 3. The van der Waals surface area contributed by atoms with Crippen molar-refractivity contribution in [2.75, 3.05) is 18.8 Å². The lowest BCUT2D eigenvalue weighted by Crippen LogP contribution is -2.40. The normalized spacial score (nSPS) is 26.2. The molecule has 0 saturated carbocycles. The molecule has 1 aliphatic carbocycles. The Kier molecular flexibility index (Phi) is 3.95. The molecule has 124 valence electrons. The lowest BCUT2D eigenvalue weighted by atomic mass is 9.99. The highest BCUT2D eigenvalue weighted by Gasteiger charge is 2.32. The molecular weight excluding hydrogens is 310 g/mol. The average molecular weight is 333 g/mol. The van der Waals surface area contributed by atoms with Crippen LogP contribution in [0.1, 0.15) is 49.9 Å². The number of aromatic nitrogens is 2. The van der Waals surface area contributed by atoms with Crippen LogP contribution in [0, 0.1) is 5.92 Å². The molecule has 0 aromatic carbocycles. The van der Waals surface area contributed by atoms with Crippen LogP contribution in [0.2, 0.25) is 0 Å². The summed E-state index contributed by atoms with van der Waals surface area (Å²) in [5.41, 5.74) is 1.99. The molecule has 5 nitrogen and oxygen atoms in total. The Morgan fingerprint density at radius 2 is 2.22 bits per heavy atom. The van der Waals surface area contributed by atoms with Crippen molar-refractivity contribution in [1.29, 1.82) is 0 Å². The summed E-state index contributed by atoms with van der Waals surface area (Å²) < 4.78 is 1.81. The molecule has 1 fully saturated rings. The molecule has 6 heteroatoms. The maximum Gasteiger partial charge on any atom is 0.257 e. The van der Waals surface area contributed by atoms with E-state index in [1.165, 1.54) is 6.42 Å². The Hall–Kier alpha value is -1.30. The van der Waals surface area contributed by atoms with Gasteiger partial charge in [0.15, 0.2) is 5.16 Å². The molecule has 0 radical (unpaired) electrons. The molecule has 4 rings (SSSR count). The summed E-state index contributed by atoms with van der Waals surface area (Å²) >= 11 is 1.63. The number of thioether (sulfide) groups is 1. The van der Waals surface area contributed by atoms with Crippen LogP contribution in [0.4, 0.5) is 0 Å². The van der Waals surface area contributed by atoms with Crippen LogP contribution in [0.15, 0.2) is 9.95 Å². The summed E-state index contributed by atoms with van der Waals surface area (Å²) in [6.07, 6.45) is 5.54. The van der Waals surface area contributed by atoms with Crippen molar-refractivity contribution >= 4 is 17.7 Å². The zero-order valence-corrected chi connectivity index (χ0v) is 14.4. The number of hydrogen-bond acceptors (Lipinski definition) is 4. The zero-order chi connectivity index (χ0) is 16.0. The third-order valence-corrected chi connectivity index (χ3v) is 6.39. The summed E-state index contributed by atoms with van der Waals surface area (Å²) in [7, 11) is 0. The Bertz CT molecular complexity index is 700. The van der Waals surface area contributed by atoms with Gasteiger partial charge in [0.2, 0.25) is 5.91 Å². The largest absolute Gasteiger partial charge is 0.342 e. The van der Waals surface area contributed by atoms with E-state index in [0.717, 1.165) is 60.9 Å². The van der Waals surface area contributed by atoms with E-state index in [4.69, 9.17) is 0 Å². The molecule has 1 saturated heterocycles. The third kappa shape index (κ3) is 2.71. The fourth-order valence-electron chi connectivity index (χ4n) is 4.05. The van der Waals surface area contributed by atoms with Crippen molar-refractivity contribution in [3.05, 3.63) is 21.6 Å². The number of rotatable bonds is 2. The molecule has 2 atom stereocenters. The molecule has 3 aliphatic rings. The van der Waals surface area contributed by atoms with E-state index in [1.807, 2.05) is 4.90 Å². The highest BCUT2D eigenvalue weighted by atomic mass is 32.2. The van der Waals surface area contributed by atoms with Gasteiger partial charge in [-0.2, -0.15) is 0 Å². The number of aryl methyl sites for hydroxylation is 1. The summed E-state index contributed by atoms with van der Waals surface area (Å²) in [5, 5.41) is 0.820. The maximum atomic E-state index is 12.8. The van der Waals surface area contributed by atoms with Gasteiger partial charge >= 0.3 is 0 Å². The fraction of sp³-hybridized carbons (Fsp3) is 0.706. The van der Waals surface area contributed by atoms with Crippen LogP contribution in [0.3, 0.4) is 0 Å². The van der Waals surface area contributed by atoms with Crippen molar-refractivity contribution < 1.29 is 4.79 Å². The van der Waals surface area contributed by atoms with E-state index < -0.39 is 0 Å². The first-order valence-corrected chi connectivity index (χ1v) is 9.67. The van der Waals surface area contributed by atoms with Crippen molar-refractivity contribution in [3.63, 3.8) is 0 Å². The van der Waals surface area contributed by atoms with Gasteiger partial charge in [0.25, 0.3) is 5.56 Å². The van der Waals surface area contributed by atoms with Crippen LogP contribution >= 0.6 is 11.8 Å². The van der Waals surface area contributed by atoms with Gasteiger partial charge in [-0.1, -0.05) is 18.7 Å². The number of carbonyl (C=O) groups excluding carboxylic acids is 1. The smallest absolute Gasteiger partial charge is 0.257 e. The van der Waals surface area contributed by atoms with Crippen molar-refractivity contribution in [2.45, 2.75) is 56.6 Å². The van der Waals surface area contributed by atoms with E-state index >= 15 is 0 Å². The lowest BCUT2D eigenvalue weighted by Gasteiger charge is -2.31. The summed E-state index contributed by atoms with van der Waals surface area (Å²) in [4.78, 5) is 32.1. The topological polar surface area (TPSA) is 55.2 Å². The minimum Gasteiger partial charge on any atom is -0.342 e. The van der Waals surface area contributed by atoms with E-state index in [1.54, 1.807) is 16.3 Å². The fourth-order valence-corrected chi connectivity index (χ4v) is 5.20. The van der Waals surface area contributed by atoms with E-state index in [-0.39, 0.29) is 17.5 Å². The second kappa shape index (κ2) is 5.96. The average Bonchev–Trinajstić information content (AvgIpc) is 3.15. The Labute approximate surface area is 140 Å². The summed E-state index contributed by atoms with van der Waals surface area (Å²) in [6, 6.07) is -0.0226. The van der Waals surface area contributed by atoms with Gasteiger partial charge in [0.1, 0.15) is 0 Å². The molecule has 0 spiro atoms. The molecule has 1 aromatic heterocycles. The molecule has 3 heterocycles. The second-order valence-corrected chi connectivity index (χ2v) is 8.09. The van der Waals surface area contributed by atoms with Gasteiger partial charge in [-0.25, -0.2) is 4.98 Å². The third-order valence-electron chi connectivity index (χ3n) is 5.29. The van der Waals surface area contributed by atoms with Crippen LogP contribution < -0.4 is 5.56 Å². The highest BCUT2D eigenvalue weighted by molar-refractivity contribution is 7.99. The van der Waals surface area contributed by atoms with Gasteiger partial charge in [0.05, 0.1) is 11.7 Å². The first-order chi connectivity index (χ1) is 11.1. The zero-order valence-electron chi connectivity index (χ0n) is 13.6. The molecule has 1 amide bonds. The van der Waals surface area contributed by atoms with Gasteiger partial charge in [0, 0.05) is 30.8 Å². The number of hydrogen-bond donors (Lipinski definition) is 0. The quantitative estimate of drug-likeness (QED) is 0.777. The Morgan fingerprint density at radius 3 is 3.04 bits per heavy atom. The van der Waals surface area contributed by atoms with Crippen LogP contribution in [-0.4, -0.2) is 39.2 Å². The maximum absolute atomic E-state index is 12.8. The Morgan fingerprint density at radius 1 is 1.35 bits per heavy atom. The monoisotopic (exact) mass is 333 g/mol. The van der Waals surface area contributed by atoms with Crippen LogP contribution in [-0.2, 0) is 17.6 Å². The van der Waals surface area contributed by atoms with E-state index in [2.05, 4.69) is 11.9 Å². The molecule has 1 aromatic rings. The predicted molar refractivity (Wildman–Crippen MR) is 89.9 cm³/mol. The van der Waals surface area contributed by atoms with E-state index in [9.17, 15) is 9.59 Å². The van der Waals surface area contributed by atoms with Gasteiger partial charge in [-0.3, -0.25) is 14.2 Å². The molecular formula is C17H23N3O2S. The molecule has 2 unspecified atom stereocenters. The number of piperidine rings is 1. The second-order valence-electron chi connectivity index (χ2n) is 7.10. The van der Waals surface area contributed by atoms with Gasteiger partial charge in [-0.15, -0.1) is 0 Å². The number of likely N-dealkylation sites (tertiary alicyclic amines) is 1. The van der Waals surface area contributed by atoms with Gasteiger partial charge < -0.3 is 4.90 Å². The highest BCUT2D eigenvalue weighted by Crippen LogP contribution is 2.34. The van der Waals surface area contributed by atoms with Crippen molar-refractivity contribution in [1.82, 2.24) is 14.5 Å². The SMILES string of the molecule is CC1CCCN(C(=O)CC2CSc3nc4c(c(=O)n32)CCC4)C1. The minimum absolute atomic E-state index is 0.0226.